The molecule has 0 saturated carbocycles. The van der Waals surface area contributed by atoms with Gasteiger partial charge in [0.15, 0.2) is 0 Å². The molecule has 1 aliphatic rings. The third kappa shape index (κ3) is 6.28. The number of aromatic amines is 4. The highest BCUT2D eigenvalue weighted by Crippen LogP contribution is 2.40. The van der Waals surface area contributed by atoms with Gasteiger partial charge in [-0.15, -0.1) is 0 Å². The predicted octanol–water partition coefficient (Wildman–Crippen LogP) is 12.4. The standard InChI is InChI=1S/C44H28Br4N4/c45-29-9-1-25(2-10-29)41-33-17-19-35(49-33)42(26-3-11-30(46)12-4-26)37-21-23-39(51-37)44(28-7-15-32(48)16-8-28)40-24-22-38(52-40)43(36-20-18-34(41)50-36)27-5-13-31(47)14-6-27/h1-24,49-52H/q+4. The second kappa shape index (κ2) is 13.7. The summed E-state index contributed by atoms with van der Waals surface area (Å²) >= 11 is 14.6. The first-order valence-corrected chi connectivity index (χ1v) is 19.9. The lowest BCUT2D eigenvalue weighted by molar-refractivity contribution is 1.00. The summed E-state index contributed by atoms with van der Waals surface area (Å²) in [6.07, 6.45) is 0. The minimum absolute atomic E-state index is 1.01. The van der Waals surface area contributed by atoms with Gasteiger partial charge >= 0.3 is 0 Å². The summed E-state index contributed by atoms with van der Waals surface area (Å²) in [5.41, 5.74) is 12.5. The molecule has 0 atom stereocenters. The zero-order valence-corrected chi connectivity index (χ0v) is 33.7. The van der Waals surface area contributed by atoms with Gasteiger partial charge in [0.05, 0.1) is 70.8 Å². The fourth-order valence-electron chi connectivity index (χ4n) is 7.04. The lowest BCUT2D eigenvalue weighted by Gasteiger charge is -2.13. The normalized spacial score (nSPS) is 12.8. The monoisotopic (exact) mass is 928 g/mol. The van der Waals surface area contributed by atoms with E-state index in [1.54, 1.807) is 0 Å². The molecule has 0 radical (unpaired) electrons. The summed E-state index contributed by atoms with van der Waals surface area (Å²) < 4.78 is 4.13. The van der Waals surface area contributed by atoms with E-state index in [1.807, 2.05) is 0 Å². The van der Waals surface area contributed by atoms with Gasteiger partial charge in [-0.3, -0.25) is 0 Å². The van der Waals surface area contributed by atoms with Crippen molar-refractivity contribution >= 4 is 63.7 Å². The van der Waals surface area contributed by atoms with E-state index in [1.165, 1.54) is 0 Å². The second-order valence-corrected chi connectivity index (χ2v) is 16.3. The van der Waals surface area contributed by atoms with Crippen molar-refractivity contribution in [3.63, 3.8) is 0 Å². The molecule has 52 heavy (non-hydrogen) atoms. The summed E-state index contributed by atoms with van der Waals surface area (Å²) in [4.78, 5) is 15.4. The third-order valence-electron chi connectivity index (χ3n) is 9.43. The summed E-state index contributed by atoms with van der Waals surface area (Å²) in [5.74, 6) is 4.31. The highest BCUT2D eigenvalue weighted by Gasteiger charge is 2.37. The molecule has 4 aromatic carbocycles. The van der Waals surface area contributed by atoms with E-state index in [-0.39, 0.29) is 0 Å². The summed E-state index contributed by atoms with van der Waals surface area (Å²) in [6, 6.07) is 51.5. The Kier molecular flexibility index (Phi) is 8.79. The molecule has 8 heteroatoms. The highest BCUT2D eigenvalue weighted by atomic mass is 79.9. The molecule has 4 N–H and O–H groups in total. The van der Waals surface area contributed by atoms with Crippen molar-refractivity contribution in [2.75, 3.05) is 0 Å². The van der Waals surface area contributed by atoms with Gasteiger partial charge in [-0.25, -0.2) is 0 Å². The van der Waals surface area contributed by atoms with Gasteiger partial charge in [0, 0.05) is 66.4 Å². The Morgan fingerprint density at radius 1 is 0.231 bits per heavy atom. The minimum Gasteiger partial charge on any atom is -0.327 e. The molecule has 0 spiro atoms. The number of hydrogen-bond donors (Lipinski definition) is 4. The van der Waals surface area contributed by atoms with E-state index < -0.39 is 0 Å². The van der Waals surface area contributed by atoms with E-state index in [2.05, 4.69) is 229 Å². The van der Waals surface area contributed by atoms with Crippen molar-refractivity contribution < 1.29 is 0 Å². The lowest BCUT2D eigenvalue weighted by Crippen LogP contribution is -2.12. The molecule has 0 aliphatic carbocycles. The Morgan fingerprint density at radius 3 is 0.538 bits per heavy atom. The zero-order chi connectivity index (χ0) is 35.3. The van der Waals surface area contributed by atoms with Crippen LogP contribution in [0.5, 0.6) is 0 Å². The van der Waals surface area contributed by atoms with Crippen LogP contribution in [-0.4, -0.2) is 19.9 Å². The Labute approximate surface area is 336 Å². The van der Waals surface area contributed by atoms with Crippen LogP contribution in [-0.2, 0) is 0 Å². The fourth-order valence-corrected chi connectivity index (χ4v) is 8.09. The van der Waals surface area contributed by atoms with E-state index in [9.17, 15) is 0 Å². The summed E-state index contributed by atoms with van der Waals surface area (Å²) in [7, 11) is 0. The maximum atomic E-state index is 3.85. The first-order chi connectivity index (χ1) is 25.4. The third-order valence-corrected chi connectivity index (χ3v) is 11.5. The molecule has 4 aromatic heterocycles. The van der Waals surface area contributed by atoms with E-state index in [0.29, 0.717) is 0 Å². The van der Waals surface area contributed by atoms with Gasteiger partial charge in [-0.05, 0) is 112 Å². The van der Waals surface area contributed by atoms with Crippen LogP contribution < -0.4 is 0 Å². The van der Waals surface area contributed by atoms with E-state index in [0.717, 1.165) is 109 Å². The first-order valence-electron chi connectivity index (χ1n) is 16.7. The Bertz CT molecular complexity index is 2040. The number of H-pyrrole nitrogens is 4. The Hall–Kier alpha value is -4.60. The van der Waals surface area contributed by atoms with Crippen molar-refractivity contribution in [2.45, 2.75) is 0 Å². The number of hydrogen-bond acceptors (Lipinski definition) is 0. The molecule has 0 unspecified atom stereocenters. The number of rotatable bonds is 4. The molecule has 0 amide bonds. The van der Waals surface area contributed by atoms with Gasteiger partial charge in [-0.1, -0.05) is 0 Å². The molecule has 248 valence electrons. The fraction of sp³-hybridized carbons (Fsp3) is 0. The van der Waals surface area contributed by atoms with Crippen LogP contribution in [0, 0.1) is 23.7 Å². The van der Waals surface area contributed by atoms with Crippen molar-refractivity contribution in [3.05, 3.63) is 255 Å². The van der Waals surface area contributed by atoms with Crippen molar-refractivity contribution in [2.24, 2.45) is 0 Å². The van der Waals surface area contributed by atoms with Gasteiger partial charge in [0.25, 0.3) is 0 Å². The Balaban J connectivity index is 1.29. The number of nitrogens with one attached hydrogen (secondary N) is 4. The molecule has 5 heterocycles. The second-order valence-electron chi connectivity index (χ2n) is 12.7. The average Bonchev–Trinajstić information content (AvgIpc) is 3.99. The minimum atomic E-state index is 1.01. The van der Waals surface area contributed by atoms with Crippen molar-refractivity contribution in [3.8, 4) is 0 Å². The van der Waals surface area contributed by atoms with Gasteiger partial charge in [0.1, 0.15) is 69.2 Å². The maximum absolute atomic E-state index is 3.85. The van der Waals surface area contributed by atoms with Gasteiger partial charge in [-0.2, -0.15) is 0 Å². The first kappa shape index (κ1) is 33.3. The van der Waals surface area contributed by atoms with Crippen molar-refractivity contribution in [1.29, 1.82) is 0 Å². The molecule has 4 nitrogen and oxygen atoms in total. The summed E-state index contributed by atoms with van der Waals surface area (Å²) in [5, 5.41) is 0. The number of aromatic nitrogens is 4. The molecule has 1 aliphatic heterocycles. The van der Waals surface area contributed by atoms with Crippen LogP contribution in [0.25, 0.3) is 0 Å². The van der Waals surface area contributed by atoms with Crippen LogP contribution in [0.4, 0.5) is 0 Å². The summed E-state index contributed by atoms with van der Waals surface area (Å²) in [6.45, 7) is 0. The van der Waals surface area contributed by atoms with Crippen LogP contribution in [0.1, 0.15) is 67.8 Å². The van der Waals surface area contributed by atoms with E-state index in [4.69, 9.17) is 0 Å². The molecule has 8 aromatic rings. The molecule has 8 bridgehead atoms. The lowest BCUT2D eigenvalue weighted by atomic mass is 9.92. The Morgan fingerprint density at radius 2 is 0.385 bits per heavy atom. The van der Waals surface area contributed by atoms with Crippen LogP contribution >= 0.6 is 63.7 Å². The van der Waals surface area contributed by atoms with Crippen molar-refractivity contribution in [1.82, 2.24) is 19.9 Å². The predicted molar refractivity (Wildman–Crippen MR) is 222 cm³/mol. The molecule has 9 rings (SSSR count). The molecule has 0 fully saturated rings. The van der Waals surface area contributed by atoms with Gasteiger partial charge in [0.2, 0.25) is 0 Å². The SMILES string of the molecule is Brc1ccc([C+]2c3ccc([nH]3)[C+](c3ccc(Br)cc3)c3ccc([nH]3)[C+](c3ccc(Br)cc3)c3ccc([nH]3)[C+](c3ccc(Br)cc3)c3ccc2[nH]3)cc1. The molecular formula is C44H28Br4N4+4. The smallest absolute Gasteiger partial charge is 0.126 e. The largest absolute Gasteiger partial charge is 0.327 e. The van der Waals surface area contributed by atoms with E-state index >= 15 is 0 Å². The maximum Gasteiger partial charge on any atom is 0.126 e. The average molecular weight is 932 g/mol. The van der Waals surface area contributed by atoms with Crippen LogP contribution in [0.2, 0.25) is 0 Å². The topological polar surface area (TPSA) is 63.2 Å². The zero-order valence-electron chi connectivity index (χ0n) is 27.4. The van der Waals surface area contributed by atoms with Gasteiger partial charge < -0.3 is 19.9 Å². The highest BCUT2D eigenvalue weighted by molar-refractivity contribution is 9.11. The molecular weight excluding hydrogens is 904 g/mol. The number of halogens is 4. The van der Waals surface area contributed by atoms with Crippen LogP contribution in [0.3, 0.4) is 0 Å². The quantitative estimate of drug-likeness (QED) is 0.127. The number of fused-ring (bicyclic) bond motifs is 8. The molecule has 0 saturated heterocycles. The van der Waals surface area contributed by atoms with Crippen LogP contribution in [0.15, 0.2) is 163 Å². The number of benzene rings is 4.